The lowest BCUT2D eigenvalue weighted by Crippen LogP contribution is -2.32. The summed E-state index contributed by atoms with van der Waals surface area (Å²) in [5, 5.41) is 23.4. The molecule has 5 rings (SSSR count). The van der Waals surface area contributed by atoms with E-state index in [0.29, 0.717) is 28.1 Å². The van der Waals surface area contributed by atoms with Crippen LogP contribution in [0.2, 0.25) is 0 Å². The molecule has 230 valence electrons. The van der Waals surface area contributed by atoms with E-state index in [1.54, 1.807) is 16.7 Å². The van der Waals surface area contributed by atoms with Crippen molar-refractivity contribution in [1.82, 2.24) is 19.5 Å². The summed E-state index contributed by atoms with van der Waals surface area (Å²) in [7, 11) is -4.08. The maximum absolute atomic E-state index is 13.7. The fraction of sp³-hybridized carbons (Fsp3) is 0.156. The molecule has 1 heterocycles. The summed E-state index contributed by atoms with van der Waals surface area (Å²) in [6, 6.07) is 28.4. The number of aryl methyl sites for hydroxylation is 1. The Hall–Kier alpha value is -4.85. The summed E-state index contributed by atoms with van der Waals surface area (Å²) >= 11 is 1.42. The molecule has 1 unspecified atom stereocenters. The van der Waals surface area contributed by atoms with Crippen LogP contribution in [0.25, 0.3) is 5.69 Å². The Morgan fingerprint density at radius 1 is 0.933 bits per heavy atom. The minimum Gasteiger partial charge on any atom is -0.326 e. The maximum Gasteiger partial charge on any atom is 0.269 e. The van der Waals surface area contributed by atoms with Gasteiger partial charge in [-0.25, -0.2) is 13.1 Å². The van der Waals surface area contributed by atoms with Crippen molar-refractivity contribution in [3.8, 4) is 5.69 Å². The number of sulfonamides is 1. The monoisotopic (exact) mass is 642 g/mol. The van der Waals surface area contributed by atoms with Crippen LogP contribution in [0.1, 0.15) is 35.5 Å². The summed E-state index contributed by atoms with van der Waals surface area (Å²) < 4.78 is 32.0. The number of nitrogens with zero attached hydrogens (tertiary/aromatic N) is 4. The predicted octanol–water partition coefficient (Wildman–Crippen LogP) is 6.00. The number of anilines is 1. The van der Waals surface area contributed by atoms with Crippen LogP contribution in [-0.4, -0.2) is 34.0 Å². The molecule has 0 saturated carbocycles. The van der Waals surface area contributed by atoms with Gasteiger partial charge in [0.15, 0.2) is 11.0 Å². The number of benzene rings is 4. The van der Waals surface area contributed by atoms with Gasteiger partial charge in [-0.2, -0.15) is 0 Å². The quantitative estimate of drug-likeness (QED) is 0.0957. The molecule has 11 nitrogen and oxygen atoms in total. The number of nitrogens with one attached hydrogen (secondary N) is 2. The second-order valence-electron chi connectivity index (χ2n) is 10.3. The second kappa shape index (κ2) is 13.8. The fourth-order valence-corrected chi connectivity index (χ4v) is 6.82. The minimum absolute atomic E-state index is 0.00473. The van der Waals surface area contributed by atoms with E-state index in [0.717, 1.165) is 16.7 Å². The van der Waals surface area contributed by atoms with E-state index in [2.05, 4.69) is 26.3 Å². The van der Waals surface area contributed by atoms with Gasteiger partial charge in [0.1, 0.15) is 0 Å². The topological polar surface area (TPSA) is 149 Å². The Balaban J connectivity index is 1.56. The first-order chi connectivity index (χ1) is 21.6. The minimum atomic E-state index is -4.08. The predicted molar refractivity (Wildman–Crippen MR) is 173 cm³/mol. The molecule has 4 aromatic carbocycles. The second-order valence-corrected chi connectivity index (χ2v) is 13.0. The largest absolute Gasteiger partial charge is 0.326 e. The van der Waals surface area contributed by atoms with E-state index in [1.807, 2.05) is 55.5 Å². The SMILES string of the molecule is CC(=O)Nc1ccc(S(=O)(=O)NC(Cc2ccccc2)c2nnc(SCc3cccc(C)c3)n2-c2ccc([N+](=O)[O-])cc2)cc1. The highest BCUT2D eigenvalue weighted by molar-refractivity contribution is 7.98. The van der Waals surface area contributed by atoms with Crippen molar-refractivity contribution < 1.29 is 18.1 Å². The third kappa shape index (κ3) is 8.01. The van der Waals surface area contributed by atoms with Crippen molar-refractivity contribution in [2.45, 2.75) is 42.1 Å². The van der Waals surface area contributed by atoms with Gasteiger partial charge >= 0.3 is 0 Å². The molecule has 0 fully saturated rings. The zero-order valence-corrected chi connectivity index (χ0v) is 26.1. The van der Waals surface area contributed by atoms with Crippen molar-refractivity contribution in [3.63, 3.8) is 0 Å². The number of hydrogen-bond acceptors (Lipinski definition) is 8. The Morgan fingerprint density at radius 3 is 2.27 bits per heavy atom. The Bertz CT molecular complexity index is 1910. The molecular formula is C32H30N6O5S2. The fourth-order valence-electron chi connectivity index (χ4n) is 4.73. The van der Waals surface area contributed by atoms with Crippen molar-refractivity contribution in [2.24, 2.45) is 0 Å². The Kier molecular flexibility index (Phi) is 9.71. The van der Waals surface area contributed by atoms with Crippen molar-refractivity contribution in [1.29, 1.82) is 0 Å². The van der Waals surface area contributed by atoms with Gasteiger partial charge in [-0.15, -0.1) is 10.2 Å². The lowest BCUT2D eigenvalue weighted by Gasteiger charge is -2.20. The highest BCUT2D eigenvalue weighted by Gasteiger charge is 2.28. The summed E-state index contributed by atoms with van der Waals surface area (Å²) in [4.78, 5) is 22.3. The van der Waals surface area contributed by atoms with E-state index < -0.39 is 21.0 Å². The molecule has 0 radical (unpaired) electrons. The van der Waals surface area contributed by atoms with E-state index >= 15 is 0 Å². The lowest BCUT2D eigenvalue weighted by atomic mass is 10.1. The van der Waals surface area contributed by atoms with Gasteiger partial charge < -0.3 is 5.32 Å². The van der Waals surface area contributed by atoms with Gasteiger partial charge in [-0.1, -0.05) is 71.9 Å². The summed E-state index contributed by atoms with van der Waals surface area (Å²) in [6.45, 7) is 3.38. The first kappa shape index (κ1) is 31.6. The molecule has 45 heavy (non-hydrogen) atoms. The Labute approximate surface area is 264 Å². The van der Waals surface area contributed by atoms with Crippen LogP contribution in [0.4, 0.5) is 11.4 Å². The van der Waals surface area contributed by atoms with Crippen molar-refractivity contribution in [3.05, 3.63) is 136 Å². The number of carbonyl (C=O) groups is 1. The highest BCUT2D eigenvalue weighted by Crippen LogP contribution is 2.31. The molecule has 0 aliphatic rings. The number of thioether (sulfide) groups is 1. The smallest absolute Gasteiger partial charge is 0.269 e. The van der Waals surface area contributed by atoms with Crippen LogP contribution >= 0.6 is 11.8 Å². The number of nitro groups is 1. The highest BCUT2D eigenvalue weighted by atomic mass is 32.2. The van der Waals surface area contributed by atoms with E-state index in [-0.39, 0.29) is 22.9 Å². The molecule has 0 saturated heterocycles. The van der Waals surface area contributed by atoms with Gasteiger partial charge in [0.05, 0.1) is 15.9 Å². The van der Waals surface area contributed by atoms with Crippen LogP contribution in [0, 0.1) is 17.0 Å². The number of nitro benzene ring substituents is 1. The molecule has 0 aliphatic carbocycles. The average molecular weight is 643 g/mol. The molecule has 1 atom stereocenters. The van der Waals surface area contributed by atoms with E-state index in [4.69, 9.17) is 0 Å². The molecule has 2 N–H and O–H groups in total. The molecule has 0 aliphatic heterocycles. The van der Waals surface area contributed by atoms with Crippen LogP contribution in [0.3, 0.4) is 0 Å². The van der Waals surface area contributed by atoms with Crippen molar-refractivity contribution in [2.75, 3.05) is 5.32 Å². The van der Waals surface area contributed by atoms with Gasteiger partial charge in [0.2, 0.25) is 15.9 Å². The van der Waals surface area contributed by atoms with Gasteiger partial charge in [0, 0.05) is 36.2 Å². The first-order valence-corrected chi connectivity index (χ1v) is 16.4. The van der Waals surface area contributed by atoms with Crippen molar-refractivity contribution >= 4 is 39.1 Å². The van der Waals surface area contributed by atoms with E-state index in [9.17, 15) is 23.3 Å². The van der Waals surface area contributed by atoms with Gasteiger partial charge in [-0.05, 0) is 60.9 Å². The van der Waals surface area contributed by atoms with Crippen LogP contribution in [-0.2, 0) is 27.0 Å². The average Bonchev–Trinajstić information content (AvgIpc) is 3.44. The lowest BCUT2D eigenvalue weighted by molar-refractivity contribution is -0.384. The molecule has 13 heteroatoms. The molecule has 5 aromatic rings. The number of carbonyl (C=O) groups excluding carboxylic acids is 1. The number of hydrogen-bond donors (Lipinski definition) is 2. The normalized spacial score (nSPS) is 12.0. The third-order valence-corrected chi connectivity index (χ3v) is 9.29. The zero-order valence-electron chi connectivity index (χ0n) is 24.5. The standard InChI is InChI=1S/C32H30N6O5S2/c1-22-7-6-10-25(19-22)21-44-32-35-34-31(37(32)27-13-15-28(16-14-27)38(40)41)30(20-24-8-4-3-5-9-24)36-45(42,43)29-17-11-26(12-18-29)33-23(2)39/h3-19,30,36H,20-21H2,1-2H3,(H,33,39). The summed E-state index contributed by atoms with van der Waals surface area (Å²) in [5.74, 6) is 0.619. The molecule has 1 amide bonds. The van der Waals surface area contributed by atoms with E-state index in [1.165, 1.54) is 55.1 Å². The first-order valence-electron chi connectivity index (χ1n) is 13.9. The van der Waals surface area contributed by atoms with Crippen LogP contribution in [0.15, 0.2) is 113 Å². The van der Waals surface area contributed by atoms with Gasteiger partial charge in [-0.3, -0.25) is 19.5 Å². The number of amides is 1. The zero-order chi connectivity index (χ0) is 32.0. The Morgan fingerprint density at radius 2 is 1.62 bits per heavy atom. The van der Waals surface area contributed by atoms with Crippen LogP contribution < -0.4 is 10.0 Å². The van der Waals surface area contributed by atoms with Crippen LogP contribution in [0.5, 0.6) is 0 Å². The number of aromatic nitrogens is 3. The summed E-state index contributed by atoms with van der Waals surface area (Å²) in [5.41, 5.74) is 3.99. The maximum atomic E-state index is 13.7. The molecular weight excluding hydrogens is 613 g/mol. The number of non-ortho nitro benzene ring substituents is 1. The summed E-state index contributed by atoms with van der Waals surface area (Å²) in [6.07, 6.45) is 0.248. The van der Waals surface area contributed by atoms with Gasteiger partial charge in [0.25, 0.3) is 5.69 Å². The molecule has 1 aromatic heterocycles. The third-order valence-electron chi connectivity index (χ3n) is 6.80. The number of rotatable bonds is 12. The molecule has 0 spiro atoms. The molecule has 0 bridgehead atoms.